The van der Waals surface area contributed by atoms with Crippen LogP contribution in [-0.4, -0.2) is 115 Å². The fourth-order valence-corrected chi connectivity index (χ4v) is 0. The summed E-state index contributed by atoms with van der Waals surface area (Å²) in [6.45, 7) is 0. The van der Waals surface area contributed by atoms with E-state index in [1.54, 1.807) is 0 Å². The smallest absolute Gasteiger partial charge is 0.00225 e. The predicted octanol–water partition coefficient (Wildman–Crippen LogP) is 0.351. The molecule has 0 aliphatic carbocycles. The maximum Gasteiger partial charge on any atom is 0.00225 e. The molecule has 0 aromatic heterocycles. The SMILES string of the molecule is [B].[Ba].[Rb].[S]Br. The maximum atomic E-state index is 3.90. The van der Waals surface area contributed by atoms with Crippen molar-refractivity contribution < 1.29 is 0 Å². The molecular formula is BBaBrRbS. The zero-order valence-electron chi connectivity index (χ0n) is 3.07. The van der Waals surface area contributed by atoms with E-state index in [4.69, 9.17) is 0 Å². The predicted molar refractivity (Wildman–Crippen MR) is 33.8 cm³/mol. The van der Waals surface area contributed by atoms with Gasteiger partial charge in [-0.2, -0.15) is 0 Å². The molecular weight excluding hydrogens is 346 g/mol. The Labute approximate surface area is 137 Å². The van der Waals surface area contributed by atoms with Crippen LogP contribution in [0.4, 0.5) is 0 Å². The molecule has 0 saturated carbocycles. The van der Waals surface area contributed by atoms with E-state index in [0.717, 1.165) is 0 Å². The summed E-state index contributed by atoms with van der Waals surface area (Å²) in [4.78, 5) is 0. The van der Waals surface area contributed by atoms with E-state index >= 15 is 0 Å². The van der Waals surface area contributed by atoms with E-state index in [1.807, 2.05) is 0 Å². The fourth-order valence-electron chi connectivity index (χ4n) is 0. The Morgan fingerprint density at radius 1 is 1.20 bits per heavy atom. The Kier molecular flexibility index (Phi) is 109. The van der Waals surface area contributed by atoms with Gasteiger partial charge in [0, 0.05) is 130 Å². The molecule has 0 amide bonds. The first-order valence-electron chi connectivity index (χ1n) is 0.154. The molecule has 0 aliphatic rings. The summed E-state index contributed by atoms with van der Waals surface area (Å²) in [5, 5.41) is 0. The molecule has 19 valence electrons. The standard InChI is InChI=1S/B.Ba.BrS.Rb/c;;1-2;. The Balaban J connectivity index is -0.00000000167. The van der Waals surface area contributed by atoms with Crippen LogP contribution in [-0.2, 0) is 0 Å². The zero-order valence-corrected chi connectivity index (χ0v) is 14.8. The van der Waals surface area contributed by atoms with Crippen molar-refractivity contribution in [1.29, 1.82) is 0 Å². The van der Waals surface area contributed by atoms with Crippen LogP contribution in [0.3, 0.4) is 0 Å². The topological polar surface area (TPSA) is 0 Å². The van der Waals surface area contributed by atoms with Crippen molar-refractivity contribution in [3.63, 3.8) is 0 Å². The Bertz CT molecular complexity index is 11.6. The van der Waals surface area contributed by atoms with E-state index in [-0.39, 0.29) is 115 Å². The van der Waals surface area contributed by atoms with Gasteiger partial charge in [0.2, 0.25) is 0 Å². The van der Waals surface area contributed by atoms with E-state index in [9.17, 15) is 0 Å². The average molecular weight is 346 g/mol. The summed E-state index contributed by atoms with van der Waals surface area (Å²) in [6.07, 6.45) is 0. The molecule has 0 rings (SSSR count). The van der Waals surface area contributed by atoms with Gasteiger partial charge in [-0.3, -0.25) is 0 Å². The third-order valence-electron chi connectivity index (χ3n) is 0. The molecule has 0 N–H and O–H groups in total. The minimum absolute atomic E-state index is 0. The summed E-state index contributed by atoms with van der Waals surface area (Å²) in [5.41, 5.74) is 0. The van der Waals surface area contributed by atoms with Crippen molar-refractivity contribution in [2.45, 2.75) is 0 Å². The second-order valence-corrected chi connectivity index (χ2v) is 0. The summed E-state index contributed by atoms with van der Waals surface area (Å²) in [7, 11) is 0. The maximum absolute atomic E-state index is 3.90. The van der Waals surface area contributed by atoms with Gasteiger partial charge in [-0.05, 0) is 11.1 Å². The van der Waals surface area contributed by atoms with Gasteiger partial charge < -0.3 is 0 Å². The molecule has 0 aromatic carbocycles. The van der Waals surface area contributed by atoms with Crippen LogP contribution in [0.15, 0.2) is 0 Å². The molecule has 7 radical (unpaired) electrons. The van der Waals surface area contributed by atoms with Gasteiger partial charge in [0.1, 0.15) is 0 Å². The van der Waals surface area contributed by atoms with E-state index in [1.165, 1.54) is 0 Å². The van der Waals surface area contributed by atoms with Gasteiger partial charge >= 0.3 is 0 Å². The third-order valence-corrected chi connectivity index (χ3v) is 0. The van der Waals surface area contributed by atoms with Crippen LogP contribution < -0.4 is 0 Å². The van der Waals surface area contributed by atoms with E-state index < -0.39 is 0 Å². The third kappa shape index (κ3) is 17.8. The first-order valence-corrected chi connectivity index (χ1v) is 2.41. The number of rotatable bonds is 0. The summed E-state index contributed by atoms with van der Waals surface area (Å²) < 4.78 is 0. The van der Waals surface area contributed by atoms with Crippen LogP contribution in [0.5, 0.6) is 0 Å². The van der Waals surface area contributed by atoms with Crippen molar-refractivity contribution in [3.05, 3.63) is 0 Å². The molecule has 0 nitrogen and oxygen atoms in total. The first-order chi connectivity index (χ1) is 1.00. The number of hydrogen-bond donors (Lipinski definition) is 0. The summed E-state index contributed by atoms with van der Waals surface area (Å²) in [5.74, 6) is 0. The Morgan fingerprint density at radius 3 is 1.20 bits per heavy atom. The molecule has 0 saturated heterocycles. The molecule has 0 spiro atoms. The van der Waals surface area contributed by atoms with Crippen LogP contribution >= 0.6 is 25.9 Å². The zero-order chi connectivity index (χ0) is 2.00. The van der Waals surface area contributed by atoms with Crippen molar-refractivity contribution in [3.8, 4) is 0 Å². The van der Waals surface area contributed by atoms with Gasteiger partial charge in [0.25, 0.3) is 0 Å². The second-order valence-electron chi connectivity index (χ2n) is 0. The summed E-state index contributed by atoms with van der Waals surface area (Å²) >= 11 is 6.42. The molecule has 0 aliphatic heterocycles. The second kappa shape index (κ2) is 24.0. The number of halogens is 1. The van der Waals surface area contributed by atoms with Crippen LogP contribution in [0.2, 0.25) is 0 Å². The van der Waals surface area contributed by atoms with Crippen LogP contribution in [0.25, 0.3) is 0 Å². The largest absolute Gasteiger partial charge is 0.00225 e. The fraction of sp³-hybridized carbons (Fsp3) is 0. The summed E-state index contributed by atoms with van der Waals surface area (Å²) in [6, 6.07) is 0. The molecule has 5 heavy (non-hydrogen) atoms. The monoisotopic (exact) mass is 345 g/mol. The van der Waals surface area contributed by atoms with Crippen molar-refractivity contribution in [2.75, 3.05) is 0 Å². The van der Waals surface area contributed by atoms with Gasteiger partial charge in [0.15, 0.2) is 0 Å². The van der Waals surface area contributed by atoms with Crippen LogP contribution in [0, 0.1) is 0 Å². The molecule has 0 fully saturated rings. The van der Waals surface area contributed by atoms with Gasteiger partial charge in [0.05, 0.1) is 0 Å². The van der Waals surface area contributed by atoms with Crippen molar-refractivity contribution >= 4 is 141 Å². The quantitative estimate of drug-likeness (QED) is 0.556. The van der Waals surface area contributed by atoms with Gasteiger partial charge in [-0.15, -0.1) is 0 Å². The van der Waals surface area contributed by atoms with E-state index in [0.29, 0.717) is 0 Å². The van der Waals surface area contributed by atoms with Gasteiger partial charge in [-0.25, -0.2) is 0 Å². The van der Waals surface area contributed by atoms with Gasteiger partial charge in [-0.1, -0.05) is 0 Å². The molecule has 0 heterocycles. The van der Waals surface area contributed by atoms with Crippen molar-refractivity contribution in [2.24, 2.45) is 0 Å². The average Bonchev–Trinajstić information content (AvgIpc) is 1.00. The Morgan fingerprint density at radius 2 is 1.20 bits per heavy atom. The molecule has 0 aromatic rings. The normalized spacial score (nSPS) is 1.20. The number of hydrogen-bond acceptors (Lipinski definition) is 0. The van der Waals surface area contributed by atoms with Crippen molar-refractivity contribution in [1.82, 2.24) is 0 Å². The van der Waals surface area contributed by atoms with E-state index in [2.05, 4.69) is 25.9 Å². The minimum atomic E-state index is 0. The van der Waals surface area contributed by atoms with Crippen LogP contribution in [0.1, 0.15) is 0 Å². The molecule has 0 atom stereocenters. The molecule has 0 unspecified atom stereocenters. The Hall–Kier alpha value is 4.27. The minimum Gasteiger partial charge on any atom is -0.00225 e. The first kappa shape index (κ1) is 22.8. The molecule has 5 heteroatoms. The molecule has 0 bridgehead atoms.